The summed E-state index contributed by atoms with van der Waals surface area (Å²) < 4.78 is 14.7. The first-order valence-corrected chi connectivity index (χ1v) is 9.10. The van der Waals surface area contributed by atoms with E-state index in [0.717, 1.165) is 4.90 Å². The fourth-order valence-electron chi connectivity index (χ4n) is 3.25. The number of carbonyl (C=O) groups is 3. The summed E-state index contributed by atoms with van der Waals surface area (Å²) in [7, 11) is 0. The predicted octanol–water partition coefficient (Wildman–Crippen LogP) is 4.63. The van der Waals surface area contributed by atoms with Crippen LogP contribution in [-0.2, 0) is 14.4 Å². The van der Waals surface area contributed by atoms with E-state index in [-0.39, 0.29) is 16.5 Å². The number of rotatable bonds is 4. The van der Waals surface area contributed by atoms with Gasteiger partial charge in [-0.25, -0.2) is 4.39 Å². The Bertz CT molecular complexity index is 927. The zero-order chi connectivity index (χ0) is 19.9. The Balaban J connectivity index is 2.22. The number of nitrogens with zero attached hydrogens (tertiary/aromatic N) is 1. The molecule has 0 aliphatic carbocycles. The summed E-state index contributed by atoms with van der Waals surface area (Å²) in [5, 5.41) is 0.280. The van der Waals surface area contributed by atoms with Crippen LogP contribution in [-0.4, -0.2) is 17.5 Å². The maximum atomic E-state index is 14.7. The fraction of sp³-hybridized carbons (Fsp3) is 0.250. The van der Waals surface area contributed by atoms with Crippen LogP contribution in [0.3, 0.4) is 0 Å². The number of hydrogen-bond donors (Lipinski definition) is 0. The molecule has 1 saturated heterocycles. The van der Waals surface area contributed by atoms with Crippen molar-refractivity contribution < 1.29 is 18.8 Å². The van der Waals surface area contributed by atoms with Crippen LogP contribution in [0.1, 0.15) is 25.5 Å². The largest absolute Gasteiger partial charge is 0.298 e. The summed E-state index contributed by atoms with van der Waals surface area (Å²) in [5.41, 5.74) is 0.372. The van der Waals surface area contributed by atoms with Crippen molar-refractivity contribution in [1.29, 1.82) is 0 Å². The Morgan fingerprint density at radius 2 is 1.70 bits per heavy atom. The summed E-state index contributed by atoms with van der Waals surface area (Å²) in [6.45, 7) is 3.31. The maximum Gasteiger partial charge on any atom is 0.295 e. The quantitative estimate of drug-likeness (QED) is 0.548. The van der Waals surface area contributed by atoms with E-state index in [1.807, 2.05) is 0 Å². The highest BCUT2D eigenvalue weighted by Crippen LogP contribution is 2.43. The lowest BCUT2D eigenvalue weighted by Crippen LogP contribution is -2.32. The Hall–Kier alpha value is -2.24. The van der Waals surface area contributed by atoms with E-state index < -0.39 is 35.4 Å². The molecule has 4 nitrogen and oxygen atoms in total. The Labute approximate surface area is 165 Å². The van der Waals surface area contributed by atoms with Gasteiger partial charge < -0.3 is 0 Å². The lowest BCUT2D eigenvalue weighted by atomic mass is 9.85. The van der Waals surface area contributed by atoms with Gasteiger partial charge in [0.1, 0.15) is 11.7 Å². The highest BCUT2D eigenvalue weighted by atomic mass is 35.5. The van der Waals surface area contributed by atoms with Crippen LogP contribution in [0.25, 0.3) is 0 Å². The van der Waals surface area contributed by atoms with Gasteiger partial charge in [0, 0.05) is 10.9 Å². The molecule has 7 heteroatoms. The summed E-state index contributed by atoms with van der Waals surface area (Å²) in [6.07, 6.45) is 0. The highest BCUT2D eigenvalue weighted by molar-refractivity contribution is 6.48. The molecule has 2 unspecified atom stereocenters. The van der Waals surface area contributed by atoms with Gasteiger partial charge in [0.25, 0.3) is 5.91 Å². The second-order valence-corrected chi connectivity index (χ2v) is 7.49. The molecule has 0 N–H and O–H groups in total. The molecule has 0 bridgehead atoms. The van der Waals surface area contributed by atoms with E-state index in [9.17, 15) is 18.8 Å². The Morgan fingerprint density at radius 1 is 1.07 bits per heavy atom. The molecule has 0 saturated carbocycles. The van der Waals surface area contributed by atoms with Crippen LogP contribution >= 0.6 is 23.2 Å². The highest BCUT2D eigenvalue weighted by Gasteiger charge is 2.53. The summed E-state index contributed by atoms with van der Waals surface area (Å²) in [5.74, 6) is -4.68. The minimum Gasteiger partial charge on any atom is -0.298 e. The number of benzene rings is 2. The number of carbonyl (C=O) groups excluding carboxylic acids is 3. The third kappa shape index (κ3) is 3.37. The zero-order valence-corrected chi connectivity index (χ0v) is 16.1. The first-order valence-electron chi connectivity index (χ1n) is 8.34. The average molecular weight is 408 g/mol. The standard InChI is InChI=1S/C20H16Cl2FNO3/c1-10(2)18(25)15-17(11-6-8-12(21)9-7-11)24(20(27)19(15)26)14-5-3-4-13(22)16(14)23/h3-10,15,17H,1-2H3. The van der Waals surface area contributed by atoms with Gasteiger partial charge in [-0.1, -0.05) is 55.2 Å². The Morgan fingerprint density at radius 3 is 2.30 bits per heavy atom. The van der Waals surface area contributed by atoms with E-state index in [4.69, 9.17) is 23.2 Å². The molecule has 0 aromatic heterocycles. The molecule has 140 valence electrons. The molecule has 1 aliphatic rings. The fourth-order valence-corrected chi connectivity index (χ4v) is 3.55. The van der Waals surface area contributed by atoms with Crippen molar-refractivity contribution in [2.75, 3.05) is 4.90 Å². The summed E-state index contributed by atoms with van der Waals surface area (Å²) in [6, 6.07) is 9.64. The van der Waals surface area contributed by atoms with Crippen molar-refractivity contribution in [3.63, 3.8) is 0 Å². The molecular weight excluding hydrogens is 392 g/mol. The van der Waals surface area contributed by atoms with Gasteiger partial charge in [-0.3, -0.25) is 19.3 Å². The normalized spacial score (nSPS) is 19.9. The number of ketones is 2. The number of anilines is 1. The minimum absolute atomic E-state index is 0.139. The van der Waals surface area contributed by atoms with Gasteiger partial charge in [0.15, 0.2) is 5.82 Å². The van der Waals surface area contributed by atoms with Gasteiger partial charge in [0.2, 0.25) is 5.78 Å². The van der Waals surface area contributed by atoms with E-state index in [2.05, 4.69) is 0 Å². The monoisotopic (exact) mass is 407 g/mol. The molecule has 2 atom stereocenters. The van der Waals surface area contributed by atoms with Gasteiger partial charge in [-0.2, -0.15) is 0 Å². The van der Waals surface area contributed by atoms with Crippen LogP contribution in [0.4, 0.5) is 10.1 Å². The van der Waals surface area contributed by atoms with Crippen molar-refractivity contribution in [2.45, 2.75) is 19.9 Å². The molecule has 0 spiro atoms. The van der Waals surface area contributed by atoms with Crippen LogP contribution in [0.5, 0.6) is 0 Å². The first-order chi connectivity index (χ1) is 12.7. The maximum absolute atomic E-state index is 14.7. The van der Waals surface area contributed by atoms with Crippen molar-refractivity contribution in [3.05, 3.63) is 63.9 Å². The second-order valence-electron chi connectivity index (χ2n) is 6.64. The smallest absolute Gasteiger partial charge is 0.295 e. The van der Waals surface area contributed by atoms with E-state index >= 15 is 0 Å². The van der Waals surface area contributed by atoms with E-state index in [1.54, 1.807) is 38.1 Å². The topological polar surface area (TPSA) is 54.5 Å². The number of Topliss-reactive ketones (excluding diaryl/α,β-unsaturated/α-hetero) is 2. The zero-order valence-electron chi connectivity index (χ0n) is 14.6. The van der Waals surface area contributed by atoms with Gasteiger partial charge in [0.05, 0.1) is 16.8 Å². The molecule has 1 aliphatic heterocycles. The minimum atomic E-state index is -1.22. The molecule has 3 rings (SSSR count). The van der Waals surface area contributed by atoms with Crippen LogP contribution in [0, 0.1) is 17.7 Å². The van der Waals surface area contributed by atoms with E-state index in [1.165, 1.54) is 18.2 Å². The molecule has 1 fully saturated rings. The molecule has 2 aromatic carbocycles. The van der Waals surface area contributed by atoms with Crippen molar-refractivity contribution in [2.24, 2.45) is 11.8 Å². The van der Waals surface area contributed by atoms with Gasteiger partial charge in [-0.15, -0.1) is 0 Å². The third-order valence-corrected chi connectivity index (χ3v) is 5.13. The van der Waals surface area contributed by atoms with E-state index in [0.29, 0.717) is 10.6 Å². The summed E-state index contributed by atoms with van der Waals surface area (Å²) >= 11 is 11.8. The molecule has 27 heavy (non-hydrogen) atoms. The molecular formula is C20H16Cl2FNO3. The van der Waals surface area contributed by atoms with Crippen LogP contribution in [0.2, 0.25) is 10.0 Å². The predicted molar refractivity (Wildman–Crippen MR) is 101 cm³/mol. The molecule has 0 radical (unpaired) electrons. The molecule has 1 heterocycles. The van der Waals surface area contributed by atoms with Gasteiger partial charge in [-0.05, 0) is 29.8 Å². The number of hydrogen-bond acceptors (Lipinski definition) is 3. The van der Waals surface area contributed by atoms with Crippen LogP contribution in [0.15, 0.2) is 42.5 Å². The first kappa shape index (κ1) is 19.5. The van der Waals surface area contributed by atoms with Gasteiger partial charge >= 0.3 is 0 Å². The second kappa shape index (κ2) is 7.41. The third-order valence-electron chi connectivity index (χ3n) is 4.58. The van der Waals surface area contributed by atoms with Crippen molar-refractivity contribution in [1.82, 2.24) is 0 Å². The average Bonchev–Trinajstić information content (AvgIpc) is 2.89. The lowest BCUT2D eigenvalue weighted by molar-refractivity contribution is -0.139. The molecule has 1 amide bonds. The van der Waals surface area contributed by atoms with Crippen molar-refractivity contribution in [3.8, 4) is 0 Å². The summed E-state index contributed by atoms with van der Waals surface area (Å²) in [4.78, 5) is 39.2. The number of halogens is 3. The SMILES string of the molecule is CC(C)C(=O)C1C(=O)C(=O)N(c2cccc(Cl)c2F)C1c1ccc(Cl)cc1. The molecule has 2 aromatic rings. The lowest BCUT2D eigenvalue weighted by Gasteiger charge is -2.28. The van der Waals surface area contributed by atoms with Crippen molar-refractivity contribution >= 4 is 46.4 Å². The Kier molecular flexibility index (Phi) is 5.36. The number of amides is 1. The van der Waals surface area contributed by atoms with Crippen LogP contribution < -0.4 is 4.90 Å².